The van der Waals surface area contributed by atoms with E-state index in [1.165, 1.54) is 0 Å². The van der Waals surface area contributed by atoms with Gasteiger partial charge in [0.15, 0.2) is 0 Å². The van der Waals surface area contributed by atoms with Crippen molar-refractivity contribution < 1.29 is 9.90 Å². The van der Waals surface area contributed by atoms with Crippen LogP contribution in [0.3, 0.4) is 0 Å². The van der Waals surface area contributed by atoms with E-state index < -0.39 is 12.0 Å². The summed E-state index contributed by atoms with van der Waals surface area (Å²) in [6.45, 7) is 3.94. The van der Waals surface area contributed by atoms with E-state index in [0.717, 1.165) is 0 Å². The van der Waals surface area contributed by atoms with Crippen molar-refractivity contribution in [2.24, 2.45) is 0 Å². The van der Waals surface area contributed by atoms with Crippen LogP contribution in [0, 0.1) is 0 Å². The van der Waals surface area contributed by atoms with Crippen molar-refractivity contribution >= 4 is 17.6 Å². The summed E-state index contributed by atoms with van der Waals surface area (Å²) in [7, 11) is 0. The maximum Gasteiger partial charge on any atom is 0.325 e. The SMILES string of the molecule is C=CCNC(C(=O)O)c1ccccc1Cl. The summed E-state index contributed by atoms with van der Waals surface area (Å²) < 4.78 is 0. The lowest BCUT2D eigenvalue weighted by molar-refractivity contribution is -0.139. The van der Waals surface area contributed by atoms with Crippen molar-refractivity contribution in [3.63, 3.8) is 0 Å². The van der Waals surface area contributed by atoms with Crippen LogP contribution in [0.4, 0.5) is 0 Å². The van der Waals surface area contributed by atoms with Gasteiger partial charge in [-0.15, -0.1) is 6.58 Å². The second-order valence-electron chi connectivity index (χ2n) is 2.99. The first-order valence-corrected chi connectivity index (χ1v) is 4.86. The van der Waals surface area contributed by atoms with Crippen LogP contribution >= 0.6 is 11.6 Å². The normalized spacial score (nSPS) is 12.1. The number of carboxylic acid groups (broad SMARTS) is 1. The molecule has 0 saturated heterocycles. The molecule has 0 saturated carbocycles. The number of halogens is 1. The highest BCUT2D eigenvalue weighted by atomic mass is 35.5. The van der Waals surface area contributed by atoms with E-state index in [1.54, 1.807) is 30.3 Å². The molecule has 0 amide bonds. The Morgan fingerprint density at radius 2 is 2.27 bits per heavy atom. The third-order valence-electron chi connectivity index (χ3n) is 1.93. The average molecular weight is 226 g/mol. The predicted octanol–water partition coefficient (Wildman–Crippen LogP) is 2.24. The Morgan fingerprint density at radius 3 is 2.80 bits per heavy atom. The Labute approximate surface area is 93.4 Å². The molecule has 2 N–H and O–H groups in total. The Balaban J connectivity index is 2.93. The second-order valence-corrected chi connectivity index (χ2v) is 3.40. The first-order valence-electron chi connectivity index (χ1n) is 4.48. The van der Waals surface area contributed by atoms with E-state index in [2.05, 4.69) is 11.9 Å². The molecule has 0 aromatic heterocycles. The summed E-state index contributed by atoms with van der Waals surface area (Å²) in [4.78, 5) is 11.0. The molecule has 0 heterocycles. The van der Waals surface area contributed by atoms with E-state index in [4.69, 9.17) is 16.7 Å². The average Bonchev–Trinajstić information content (AvgIpc) is 2.20. The zero-order valence-electron chi connectivity index (χ0n) is 8.11. The lowest BCUT2D eigenvalue weighted by Gasteiger charge is -2.14. The highest BCUT2D eigenvalue weighted by Crippen LogP contribution is 2.22. The lowest BCUT2D eigenvalue weighted by Crippen LogP contribution is -2.28. The van der Waals surface area contributed by atoms with E-state index >= 15 is 0 Å². The van der Waals surface area contributed by atoms with Gasteiger partial charge in [0.1, 0.15) is 6.04 Å². The van der Waals surface area contributed by atoms with Crippen LogP contribution in [0.5, 0.6) is 0 Å². The molecule has 1 aromatic rings. The fourth-order valence-electron chi connectivity index (χ4n) is 1.24. The zero-order chi connectivity index (χ0) is 11.3. The predicted molar refractivity (Wildman–Crippen MR) is 60.0 cm³/mol. The molecule has 0 fully saturated rings. The molecule has 1 unspecified atom stereocenters. The third kappa shape index (κ3) is 3.08. The molecule has 1 atom stereocenters. The van der Waals surface area contributed by atoms with Crippen molar-refractivity contribution in [3.05, 3.63) is 47.5 Å². The molecule has 0 bridgehead atoms. The van der Waals surface area contributed by atoms with Crippen LogP contribution in [0.1, 0.15) is 11.6 Å². The Kier molecular flexibility index (Phi) is 4.34. The maximum absolute atomic E-state index is 11.0. The molecule has 15 heavy (non-hydrogen) atoms. The van der Waals surface area contributed by atoms with Crippen molar-refractivity contribution in [1.82, 2.24) is 5.32 Å². The van der Waals surface area contributed by atoms with Gasteiger partial charge in [0.2, 0.25) is 0 Å². The molecule has 3 nitrogen and oxygen atoms in total. The van der Waals surface area contributed by atoms with Crippen LogP contribution in [0.25, 0.3) is 0 Å². The quantitative estimate of drug-likeness (QED) is 0.756. The van der Waals surface area contributed by atoms with Gasteiger partial charge in [-0.1, -0.05) is 35.9 Å². The molecule has 0 radical (unpaired) electrons. The topological polar surface area (TPSA) is 49.3 Å². The first-order chi connectivity index (χ1) is 7.16. The summed E-state index contributed by atoms with van der Waals surface area (Å²) in [5.74, 6) is -0.954. The van der Waals surface area contributed by atoms with Gasteiger partial charge in [-0.25, -0.2) is 0 Å². The molecule has 1 aromatic carbocycles. The lowest BCUT2D eigenvalue weighted by atomic mass is 10.1. The van der Waals surface area contributed by atoms with Crippen molar-refractivity contribution in [2.75, 3.05) is 6.54 Å². The van der Waals surface area contributed by atoms with Gasteiger partial charge in [-0.2, -0.15) is 0 Å². The minimum Gasteiger partial charge on any atom is -0.480 e. The van der Waals surface area contributed by atoms with Gasteiger partial charge in [-0.3, -0.25) is 10.1 Å². The molecule has 0 aliphatic carbocycles. The smallest absolute Gasteiger partial charge is 0.325 e. The molecule has 0 aliphatic rings. The summed E-state index contributed by atoms with van der Waals surface area (Å²) in [5.41, 5.74) is 0.563. The minimum absolute atomic E-state index is 0.419. The highest BCUT2D eigenvalue weighted by molar-refractivity contribution is 6.31. The Bertz CT molecular complexity index is 365. The molecule has 80 valence electrons. The number of aliphatic carboxylic acids is 1. The number of nitrogens with one attached hydrogen (secondary N) is 1. The Morgan fingerprint density at radius 1 is 1.60 bits per heavy atom. The van der Waals surface area contributed by atoms with Crippen LogP contribution in [-0.4, -0.2) is 17.6 Å². The summed E-state index contributed by atoms with van der Waals surface area (Å²) in [6.07, 6.45) is 1.60. The number of carboxylic acids is 1. The summed E-state index contributed by atoms with van der Waals surface area (Å²) >= 11 is 5.91. The summed E-state index contributed by atoms with van der Waals surface area (Å²) in [6, 6.07) is 6.08. The number of hydrogen-bond donors (Lipinski definition) is 2. The maximum atomic E-state index is 11.0. The standard InChI is InChI=1S/C11H12ClNO2/c1-2-7-13-10(11(14)15)8-5-3-4-6-9(8)12/h2-6,10,13H,1,7H2,(H,14,15). The van der Waals surface area contributed by atoms with E-state index in [1.807, 2.05) is 0 Å². The second kappa shape index (κ2) is 5.53. The van der Waals surface area contributed by atoms with Crippen LogP contribution < -0.4 is 5.32 Å². The van der Waals surface area contributed by atoms with Crippen molar-refractivity contribution in [1.29, 1.82) is 0 Å². The van der Waals surface area contributed by atoms with Crippen molar-refractivity contribution in [3.8, 4) is 0 Å². The monoisotopic (exact) mass is 225 g/mol. The Hall–Kier alpha value is -1.32. The van der Waals surface area contributed by atoms with E-state index in [0.29, 0.717) is 17.1 Å². The molecule has 1 rings (SSSR count). The minimum atomic E-state index is -0.954. The van der Waals surface area contributed by atoms with Crippen LogP contribution in [-0.2, 0) is 4.79 Å². The fraction of sp³-hybridized carbons (Fsp3) is 0.182. The number of benzene rings is 1. The molecule has 0 aliphatic heterocycles. The van der Waals surface area contributed by atoms with Gasteiger partial charge in [0.05, 0.1) is 0 Å². The van der Waals surface area contributed by atoms with Crippen molar-refractivity contribution in [2.45, 2.75) is 6.04 Å². The molecular weight excluding hydrogens is 214 g/mol. The van der Waals surface area contributed by atoms with Gasteiger partial charge in [0.25, 0.3) is 0 Å². The van der Waals surface area contributed by atoms with Gasteiger partial charge < -0.3 is 5.11 Å². The largest absolute Gasteiger partial charge is 0.480 e. The van der Waals surface area contributed by atoms with Gasteiger partial charge >= 0.3 is 5.97 Å². The fourth-order valence-corrected chi connectivity index (χ4v) is 1.49. The molecule has 0 spiro atoms. The first kappa shape index (κ1) is 11.8. The molecule has 4 heteroatoms. The number of hydrogen-bond acceptors (Lipinski definition) is 2. The number of rotatable bonds is 5. The highest BCUT2D eigenvalue weighted by Gasteiger charge is 2.20. The number of carbonyl (C=O) groups is 1. The third-order valence-corrected chi connectivity index (χ3v) is 2.27. The summed E-state index contributed by atoms with van der Waals surface area (Å²) in [5, 5.41) is 12.3. The van der Waals surface area contributed by atoms with Gasteiger partial charge in [0, 0.05) is 11.6 Å². The van der Waals surface area contributed by atoms with E-state index in [9.17, 15) is 4.79 Å². The zero-order valence-corrected chi connectivity index (χ0v) is 8.87. The van der Waals surface area contributed by atoms with Crippen LogP contribution in [0.2, 0.25) is 5.02 Å². The van der Waals surface area contributed by atoms with E-state index in [-0.39, 0.29) is 0 Å². The van der Waals surface area contributed by atoms with Crippen LogP contribution in [0.15, 0.2) is 36.9 Å². The van der Waals surface area contributed by atoms with Gasteiger partial charge in [-0.05, 0) is 11.6 Å². The molecular formula is C11H12ClNO2.